The van der Waals surface area contributed by atoms with E-state index < -0.39 is 29.8 Å². The lowest BCUT2D eigenvalue weighted by Crippen LogP contribution is -2.42. The Hall–Kier alpha value is -3.73. The second-order valence-electron chi connectivity index (χ2n) is 7.36. The van der Waals surface area contributed by atoms with Gasteiger partial charge in [-0.25, -0.2) is 4.68 Å². The first-order chi connectivity index (χ1) is 15.1. The zero-order chi connectivity index (χ0) is 23.1. The minimum atomic E-state index is -4.87. The molecule has 0 aliphatic carbocycles. The van der Waals surface area contributed by atoms with Crippen LogP contribution >= 0.6 is 0 Å². The average molecular weight is 444 g/mol. The van der Waals surface area contributed by atoms with Crippen LogP contribution in [0.4, 0.5) is 13.2 Å². The number of nitrogens with two attached hydrogens (primary N) is 1. The lowest BCUT2D eigenvalue weighted by molar-refractivity contribution is -0.269. The van der Waals surface area contributed by atoms with Crippen LogP contribution in [0.3, 0.4) is 0 Å². The first kappa shape index (κ1) is 21.5. The van der Waals surface area contributed by atoms with Crippen LogP contribution in [0.2, 0.25) is 0 Å². The second-order valence-corrected chi connectivity index (χ2v) is 7.36. The topological polar surface area (TPSA) is 111 Å². The van der Waals surface area contributed by atoms with Gasteiger partial charge in [0.25, 0.3) is 5.91 Å². The highest BCUT2D eigenvalue weighted by Crippen LogP contribution is 2.40. The maximum absolute atomic E-state index is 13.3. The molecule has 0 aromatic carbocycles. The summed E-state index contributed by atoms with van der Waals surface area (Å²) in [6.07, 6.45) is 0.588. The highest BCUT2D eigenvalue weighted by atomic mass is 19.4. The third-order valence-electron chi connectivity index (χ3n) is 5.33. The molecule has 0 radical (unpaired) electrons. The molecule has 32 heavy (non-hydrogen) atoms. The molecule has 0 aliphatic heterocycles. The number of primary amides is 1. The summed E-state index contributed by atoms with van der Waals surface area (Å²) in [6, 6.07) is 8.70. The summed E-state index contributed by atoms with van der Waals surface area (Å²) in [5, 5.41) is 17.3. The molecule has 0 bridgehead atoms. The Morgan fingerprint density at radius 1 is 1.25 bits per heavy atom. The highest BCUT2D eigenvalue weighted by Gasteiger charge is 2.55. The molecule has 8 nitrogen and oxygen atoms in total. The third kappa shape index (κ3) is 3.60. The molecule has 1 atom stereocenters. The van der Waals surface area contributed by atoms with Crippen molar-refractivity contribution < 1.29 is 23.1 Å². The van der Waals surface area contributed by atoms with Gasteiger partial charge in [-0.3, -0.25) is 9.78 Å². The lowest BCUT2D eigenvalue weighted by atomic mass is 9.96. The van der Waals surface area contributed by atoms with Crippen molar-refractivity contribution >= 4 is 11.4 Å². The SMILES string of the molecule is CCC(O)(c1cn(Cc2ccn3c(-c4cccnc4)c(C(N)=O)cc3c2)nn1)C(F)(F)F. The fourth-order valence-corrected chi connectivity index (χ4v) is 3.59. The Kier molecular flexibility index (Phi) is 5.21. The van der Waals surface area contributed by atoms with Crippen LogP contribution in [0.5, 0.6) is 0 Å². The minimum Gasteiger partial charge on any atom is -0.375 e. The largest absolute Gasteiger partial charge is 0.423 e. The van der Waals surface area contributed by atoms with Crippen molar-refractivity contribution in [2.24, 2.45) is 5.73 Å². The molecule has 0 saturated heterocycles. The lowest BCUT2D eigenvalue weighted by Gasteiger charge is -2.26. The van der Waals surface area contributed by atoms with Gasteiger partial charge in [-0.1, -0.05) is 12.1 Å². The van der Waals surface area contributed by atoms with Gasteiger partial charge in [0.1, 0.15) is 5.69 Å². The number of alkyl halides is 3. The summed E-state index contributed by atoms with van der Waals surface area (Å²) >= 11 is 0. The van der Waals surface area contributed by atoms with E-state index in [1.54, 1.807) is 47.3 Å². The predicted molar refractivity (Wildman–Crippen MR) is 109 cm³/mol. The fraction of sp³-hybridized carbons (Fsp3) is 0.238. The van der Waals surface area contributed by atoms with Crippen molar-refractivity contribution in [3.8, 4) is 11.3 Å². The van der Waals surface area contributed by atoms with Gasteiger partial charge in [-0.15, -0.1) is 5.10 Å². The number of hydrogen-bond donors (Lipinski definition) is 2. The molecule has 166 valence electrons. The first-order valence-electron chi connectivity index (χ1n) is 9.68. The van der Waals surface area contributed by atoms with Crippen molar-refractivity contribution in [1.29, 1.82) is 0 Å². The minimum absolute atomic E-state index is 0.112. The fourth-order valence-electron chi connectivity index (χ4n) is 3.59. The van der Waals surface area contributed by atoms with E-state index in [1.165, 1.54) is 11.6 Å². The predicted octanol–water partition coefficient (Wildman–Crippen LogP) is 2.90. The number of pyridine rings is 2. The molecule has 11 heteroatoms. The Morgan fingerprint density at radius 3 is 2.66 bits per heavy atom. The van der Waals surface area contributed by atoms with Crippen molar-refractivity contribution in [3.05, 3.63) is 71.9 Å². The van der Waals surface area contributed by atoms with Crippen LogP contribution in [0.15, 0.2) is 55.1 Å². The van der Waals surface area contributed by atoms with Crippen LogP contribution in [0.25, 0.3) is 16.8 Å². The summed E-state index contributed by atoms with van der Waals surface area (Å²) in [5.41, 5.74) is 4.91. The van der Waals surface area contributed by atoms with Crippen molar-refractivity contribution in [3.63, 3.8) is 0 Å². The molecule has 3 N–H and O–H groups in total. The third-order valence-corrected chi connectivity index (χ3v) is 5.33. The van der Waals surface area contributed by atoms with E-state index in [1.807, 2.05) is 6.07 Å². The smallest absolute Gasteiger partial charge is 0.375 e. The van der Waals surface area contributed by atoms with Crippen LogP contribution in [0.1, 0.15) is 35.0 Å². The van der Waals surface area contributed by atoms with Crippen LogP contribution in [-0.4, -0.2) is 41.6 Å². The monoisotopic (exact) mass is 444 g/mol. The molecule has 4 aromatic heterocycles. The molecule has 0 spiro atoms. The van der Waals surface area contributed by atoms with Crippen molar-refractivity contribution in [2.75, 3.05) is 0 Å². The maximum atomic E-state index is 13.3. The summed E-state index contributed by atoms with van der Waals surface area (Å²) in [6.45, 7) is 1.34. The molecular weight excluding hydrogens is 425 g/mol. The van der Waals surface area contributed by atoms with Gasteiger partial charge < -0.3 is 15.2 Å². The number of amides is 1. The number of nitrogens with zero attached hydrogens (tertiary/aromatic N) is 5. The van der Waals surface area contributed by atoms with Crippen LogP contribution in [-0.2, 0) is 12.1 Å². The number of aromatic nitrogens is 5. The van der Waals surface area contributed by atoms with E-state index in [4.69, 9.17) is 5.73 Å². The van der Waals surface area contributed by atoms with Crippen LogP contribution < -0.4 is 5.73 Å². The number of rotatable bonds is 6. The van der Waals surface area contributed by atoms with Gasteiger partial charge >= 0.3 is 6.18 Å². The summed E-state index contributed by atoms with van der Waals surface area (Å²) in [4.78, 5) is 16.1. The standard InChI is InChI=1S/C21H19F3N6O2/c1-2-20(32,21(22,23)24)17-12-29(28-27-17)11-13-5-7-30-15(8-13)9-16(19(25)31)18(30)14-4-3-6-26-10-14/h3-10,12,32H,2,11H2,1H3,(H2,25,31). The Balaban J connectivity index is 1.69. The zero-order valence-corrected chi connectivity index (χ0v) is 16.9. The van der Waals surface area contributed by atoms with Crippen LogP contribution in [0, 0.1) is 0 Å². The van der Waals surface area contributed by atoms with E-state index in [9.17, 15) is 23.1 Å². The maximum Gasteiger partial charge on any atom is 0.423 e. The van der Waals surface area contributed by atoms with Gasteiger partial charge in [0, 0.05) is 29.7 Å². The Morgan fingerprint density at radius 2 is 2.03 bits per heavy atom. The molecule has 1 amide bonds. The zero-order valence-electron chi connectivity index (χ0n) is 16.9. The van der Waals surface area contributed by atoms with Crippen molar-refractivity contribution in [2.45, 2.75) is 31.7 Å². The number of fused-ring (bicyclic) bond motifs is 1. The highest BCUT2D eigenvalue weighted by molar-refractivity contribution is 6.01. The molecule has 4 heterocycles. The molecular formula is C21H19F3N6O2. The molecule has 0 aliphatic rings. The molecule has 4 aromatic rings. The molecule has 4 rings (SSSR count). The average Bonchev–Trinajstić information content (AvgIpc) is 3.37. The summed E-state index contributed by atoms with van der Waals surface area (Å²) in [5.74, 6) is -0.596. The van der Waals surface area contributed by atoms with E-state index >= 15 is 0 Å². The number of halogens is 3. The Labute approximate surface area is 180 Å². The Bertz CT molecular complexity index is 1280. The second kappa shape index (κ2) is 7.75. The van der Waals surface area contributed by atoms with Gasteiger partial charge in [0.05, 0.1) is 24.0 Å². The quantitative estimate of drug-likeness (QED) is 0.475. The summed E-state index contributed by atoms with van der Waals surface area (Å²) in [7, 11) is 0. The van der Waals surface area contributed by atoms with E-state index in [2.05, 4.69) is 15.3 Å². The van der Waals surface area contributed by atoms with E-state index in [0.717, 1.165) is 6.20 Å². The van der Waals surface area contributed by atoms with Gasteiger partial charge in [0.15, 0.2) is 0 Å². The number of carbonyl (C=O) groups excluding carboxylic acids is 1. The summed E-state index contributed by atoms with van der Waals surface area (Å²) < 4.78 is 42.8. The number of carbonyl (C=O) groups is 1. The molecule has 0 fully saturated rings. The normalized spacial score (nSPS) is 13.9. The van der Waals surface area contributed by atoms with E-state index in [0.29, 0.717) is 27.9 Å². The van der Waals surface area contributed by atoms with Gasteiger partial charge in [-0.05, 0) is 42.3 Å². The van der Waals surface area contributed by atoms with Crippen molar-refractivity contribution in [1.82, 2.24) is 24.4 Å². The van der Waals surface area contributed by atoms with Gasteiger partial charge in [0.2, 0.25) is 5.60 Å². The first-order valence-corrected chi connectivity index (χ1v) is 9.68. The molecule has 1 unspecified atom stereocenters. The van der Waals surface area contributed by atoms with E-state index in [-0.39, 0.29) is 6.54 Å². The van der Waals surface area contributed by atoms with Gasteiger partial charge in [-0.2, -0.15) is 13.2 Å². The number of hydrogen-bond acceptors (Lipinski definition) is 5. The molecule has 0 saturated carbocycles. The number of aliphatic hydroxyl groups is 1.